The van der Waals surface area contributed by atoms with Gasteiger partial charge in [-0.1, -0.05) is 34.8 Å². The van der Waals surface area contributed by atoms with E-state index in [0.717, 1.165) is 27.8 Å². The van der Waals surface area contributed by atoms with E-state index in [1.807, 2.05) is 24.4 Å². The first kappa shape index (κ1) is 13.6. The molecular weight excluding hydrogens is 317 g/mol. The van der Waals surface area contributed by atoms with Crippen LogP contribution in [0.5, 0.6) is 5.75 Å². The van der Waals surface area contributed by atoms with Crippen LogP contribution >= 0.6 is 34.8 Å². The Bertz CT molecular complexity index is 772. The van der Waals surface area contributed by atoms with Gasteiger partial charge in [-0.15, -0.1) is 0 Å². The minimum Gasteiger partial charge on any atom is -0.496 e. The van der Waals surface area contributed by atoms with Crippen molar-refractivity contribution in [3.63, 3.8) is 0 Å². The molecule has 0 fully saturated rings. The van der Waals surface area contributed by atoms with Crippen molar-refractivity contribution in [1.29, 1.82) is 0 Å². The SMILES string of the molecule is COc1cc(-c2c(Cl)cc(Cl)cc2Cl)cc2[nH]ccc12. The van der Waals surface area contributed by atoms with Crippen LogP contribution in [-0.2, 0) is 0 Å². The number of aromatic amines is 1. The Morgan fingerprint density at radius 1 is 1.00 bits per heavy atom. The number of aromatic nitrogens is 1. The van der Waals surface area contributed by atoms with Crippen molar-refractivity contribution < 1.29 is 4.74 Å². The van der Waals surface area contributed by atoms with Gasteiger partial charge in [0.05, 0.1) is 17.2 Å². The number of rotatable bonds is 2. The molecule has 3 aromatic rings. The molecule has 5 heteroatoms. The predicted octanol–water partition coefficient (Wildman–Crippen LogP) is 5.80. The van der Waals surface area contributed by atoms with E-state index < -0.39 is 0 Å². The van der Waals surface area contributed by atoms with Gasteiger partial charge in [0.2, 0.25) is 0 Å². The smallest absolute Gasteiger partial charge is 0.128 e. The maximum absolute atomic E-state index is 6.27. The standard InChI is InChI=1S/C15H10Cl3NO/c1-20-14-5-8(4-13-10(14)2-3-19-13)15-11(17)6-9(16)7-12(15)18/h2-7,19H,1H3. The summed E-state index contributed by atoms with van der Waals surface area (Å²) in [5.74, 6) is 0.765. The number of hydrogen-bond acceptors (Lipinski definition) is 1. The highest BCUT2D eigenvalue weighted by Crippen LogP contribution is 2.40. The zero-order chi connectivity index (χ0) is 14.3. The quantitative estimate of drug-likeness (QED) is 0.632. The summed E-state index contributed by atoms with van der Waals surface area (Å²) >= 11 is 18.5. The van der Waals surface area contributed by atoms with Crippen LogP contribution in [0.2, 0.25) is 15.1 Å². The van der Waals surface area contributed by atoms with E-state index in [-0.39, 0.29) is 0 Å². The molecule has 0 aliphatic rings. The van der Waals surface area contributed by atoms with Crippen molar-refractivity contribution in [2.45, 2.75) is 0 Å². The Hall–Kier alpha value is -1.35. The van der Waals surface area contributed by atoms with E-state index in [2.05, 4.69) is 4.98 Å². The van der Waals surface area contributed by atoms with Gasteiger partial charge in [0.1, 0.15) is 5.75 Å². The average Bonchev–Trinajstić information content (AvgIpc) is 2.84. The third-order valence-electron chi connectivity index (χ3n) is 3.15. The largest absolute Gasteiger partial charge is 0.496 e. The average molecular weight is 327 g/mol. The molecule has 0 radical (unpaired) electrons. The van der Waals surface area contributed by atoms with Crippen LogP contribution in [0.3, 0.4) is 0 Å². The molecule has 0 saturated carbocycles. The van der Waals surface area contributed by atoms with E-state index in [0.29, 0.717) is 15.1 Å². The van der Waals surface area contributed by atoms with Crippen molar-refractivity contribution in [3.05, 3.63) is 51.6 Å². The Morgan fingerprint density at radius 3 is 2.35 bits per heavy atom. The molecular formula is C15H10Cl3NO. The van der Waals surface area contributed by atoms with Gasteiger partial charge < -0.3 is 9.72 Å². The zero-order valence-electron chi connectivity index (χ0n) is 10.5. The summed E-state index contributed by atoms with van der Waals surface area (Å²) in [6, 6.07) is 9.21. The molecule has 3 rings (SSSR count). The summed E-state index contributed by atoms with van der Waals surface area (Å²) in [5, 5.41) is 2.54. The fourth-order valence-electron chi connectivity index (χ4n) is 2.26. The van der Waals surface area contributed by atoms with Crippen molar-refractivity contribution in [3.8, 4) is 16.9 Å². The lowest BCUT2D eigenvalue weighted by Crippen LogP contribution is -1.88. The molecule has 0 amide bonds. The Kier molecular flexibility index (Phi) is 3.55. The minimum absolute atomic E-state index is 0.510. The van der Waals surface area contributed by atoms with Crippen LogP contribution < -0.4 is 4.74 Å². The molecule has 0 unspecified atom stereocenters. The van der Waals surface area contributed by atoms with Crippen molar-refractivity contribution in [2.24, 2.45) is 0 Å². The Morgan fingerprint density at radius 2 is 1.70 bits per heavy atom. The fraction of sp³-hybridized carbons (Fsp3) is 0.0667. The van der Waals surface area contributed by atoms with Gasteiger partial charge >= 0.3 is 0 Å². The molecule has 20 heavy (non-hydrogen) atoms. The molecule has 1 aromatic heterocycles. The Labute approximate surface area is 131 Å². The monoisotopic (exact) mass is 325 g/mol. The number of halogens is 3. The van der Waals surface area contributed by atoms with Gasteiger partial charge in [-0.2, -0.15) is 0 Å². The van der Waals surface area contributed by atoms with Gasteiger partial charge in [0.25, 0.3) is 0 Å². The number of hydrogen-bond donors (Lipinski definition) is 1. The number of fused-ring (bicyclic) bond motifs is 1. The second-order valence-electron chi connectivity index (χ2n) is 4.36. The summed E-state index contributed by atoms with van der Waals surface area (Å²) in [5.41, 5.74) is 2.58. The minimum atomic E-state index is 0.510. The number of benzene rings is 2. The number of H-pyrrole nitrogens is 1. The van der Waals surface area contributed by atoms with Gasteiger partial charge in [-0.25, -0.2) is 0 Å². The van der Waals surface area contributed by atoms with Crippen LogP contribution in [0.25, 0.3) is 22.0 Å². The molecule has 102 valence electrons. The van der Waals surface area contributed by atoms with E-state index >= 15 is 0 Å². The van der Waals surface area contributed by atoms with Crippen LogP contribution in [-0.4, -0.2) is 12.1 Å². The third-order valence-corrected chi connectivity index (χ3v) is 3.96. The maximum atomic E-state index is 6.27. The summed E-state index contributed by atoms with van der Waals surface area (Å²) in [6.07, 6.45) is 1.86. The van der Waals surface area contributed by atoms with Crippen molar-refractivity contribution in [2.75, 3.05) is 7.11 Å². The summed E-state index contributed by atoms with van der Waals surface area (Å²) in [7, 11) is 1.64. The Balaban J connectivity index is 2.29. The topological polar surface area (TPSA) is 25.0 Å². The molecule has 0 atom stereocenters. The number of nitrogens with one attached hydrogen (secondary N) is 1. The van der Waals surface area contributed by atoms with E-state index in [9.17, 15) is 0 Å². The molecule has 0 aliphatic carbocycles. The van der Waals surface area contributed by atoms with Gasteiger partial charge in [-0.3, -0.25) is 0 Å². The summed E-state index contributed by atoms with van der Waals surface area (Å²) in [6.45, 7) is 0. The van der Waals surface area contributed by atoms with Crippen molar-refractivity contribution in [1.82, 2.24) is 4.98 Å². The molecule has 1 heterocycles. The number of ether oxygens (including phenoxy) is 1. The third kappa shape index (κ3) is 2.24. The lowest BCUT2D eigenvalue weighted by Gasteiger charge is -2.11. The van der Waals surface area contributed by atoms with E-state index in [1.54, 1.807) is 19.2 Å². The molecule has 0 spiro atoms. The second kappa shape index (κ2) is 5.21. The van der Waals surface area contributed by atoms with Crippen LogP contribution in [0.1, 0.15) is 0 Å². The van der Waals surface area contributed by atoms with E-state index in [4.69, 9.17) is 39.5 Å². The summed E-state index contributed by atoms with van der Waals surface area (Å²) < 4.78 is 5.42. The summed E-state index contributed by atoms with van der Waals surface area (Å²) in [4.78, 5) is 3.16. The molecule has 1 N–H and O–H groups in total. The first-order valence-corrected chi connectivity index (χ1v) is 7.03. The lowest BCUT2D eigenvalue weighted by atomic mass is 10.0. The highest BCUT2D eigenvalue weighted by atomic mass is 35.5. The highest BCUT2D eigenvalue weighted by Gasteiger charge is 2.13. The van der Waals surface area contributed by atoms with Gasteiger partial charge in [-0.05, 0) is 35.9 Å². The normalized spacial score (nSPS) is 11.0. The van der Waals surface area contributed by atoms with E-state index in [1.165, 1.54) is 0 Å². The predicted molar refractivity (Wildman–Crippen MR) is 85.3 cm³/mol. The maximum Gasteiger partial charge on any atom is 0.128 e. The van der Waals surface area contributed by atoms with Crippen molar-refractivity contribution >= 4 is 45.7 Å². The van der Waals surface area contributed by atoms with Crippen LogP contribution in [0, 0.1) is 0 Å². The first-order chi connectivity index (χ1) is 9.60. The molecule has 0 saturated heterocycles. The van der Waals surface area contributed by atoms with Crippen LogP contribution in [0.15, 0.2) is 36.5 Å². The zero-order valence-corrected chi connectivity index (χ0v) is 12.8. The molecule has 2 nitrogen and oxygen atoms in total. The second-order valence-corrected chi connectivity index (χ2v) is 5.61. The first-order valence-electron chi connectivity index (χ1n) is 5.90. The molecule has 0 bridgehead atoms. The lowest BCUT2D eigenvalue weighted by molar-refractivity contribution is 0.420. The fourth-order valence-corrected chi connectivity index (χ4v) is 3.30. The molecule has 0 aliphatic heterocycles. The van der Waals surface area contributed by atoms with Gasteiger partial charge in [0, 0.05) is 27.7 Å². The van der Waals surface area contributed by atoms with Crippen LogP contribution in [0.4, 0.5) is 0 Å². The highest BCUT2D eigenvalue weighted by molar-refractivity contribution is 6.41. The number of methoxy groups -OCH3 is 1. The van der Waals surface area contributed by atoms with Gasteiger partial charge in [0.15, 0.2) is 0 Å². The molecule has 2 aromatic carbocycles.